The highest BCUT2D eigenvalue weighted by molar-refractivity contribution is 5.63. The van der Waals surface area contributed by atoms with Crippen molar-refractivity contribution < 1.29 is 4.79 Å². The van der Waals surface area contributed by atoms with Gasteiger partial charge in [0.1, 0.15) is 6.29 Å². The number of rotatable bonds is 3. The van der Waals surface area contributed by atoms with Gasteiger partial charge >= 0.3 is 0 Å². The van der Waals surface area contributed by atoms with Crippen molar-refractivity contribution in [2.45, 2.75) is 56.8 Å². The quantitative estimate of drug-likeness (QED) is 0.729. The lowest BCUT2D eigenvalue weighted by Crippen LogP contribution is -2.41. The van der Waals surface area contributed by atoms with Crippen LogP contribution < -0.4 is 0 Å². The number of carbonyl (C=O) groups excluding carboxylic acids is 1. The maximum absolute atomic E-state index is 11.7. The normalized spacial score (nSPS) is 37.3. The van der Waals surface area contributed by atoms with Crippen LogP contribution in [0, 0.1) is 11.3 Å². The lowest BCUT2D eigenvalue weighted by molar-refractivity contribution is -0.123. The maximum atomic E-state index is 11.7. The second-order valence-electron chi connectivity index (χ2n) is 7.02. The molecule has 0 heterocycles. The monoisotopic (exact) mass is 254 g/mol. The number of hydrogen-bond donors (Lipinski definition) is 0. The third-order valence-electron chi connectivity index (χ3n) is 5.92. The second kappa shape index (κ2) is 4.19. The van der Waals surface area contributed by atoms with Crippen LogP contribution in [0.15, 0.2) is 24.3 Å². The van der Waals surface area contributed by atoms with Gasteiger partial charge in [-0.05, 0) is 73.8 Å². The Morgan fingerprint density at radius 2 is 1.58 bits per heavy atom. The summed E-state index contributed by atoms with van der Waals surface area (Å²) in [6, 6.07) is 9.25. The molecule has 1 unspecified atom stereocenters. The van der Waals surface area contributed by atoms with Crippen molar-refractivity contribution in [2.24, 2.45) is 11.3 Å². The van der Waals surface area contributed by atoms with Crippen molar-refractivity contribution in [3.05, 3.63) is 35.4 Å². The van der Waals surface area contributed by atoms with E-state index in [1.807, 2.05) is 0 Å². The highest BCUT2D eigenvalue weighted by atomic mass is 16.1. The summed E-state index contributed by atoms with van der Waals surface area (Å²) in [6.07, 6.45) is 10.0. The van der Waals surface area contributed by atoms with Crippen molar-refractivity contribution in [1.29, 1.82) is 0 Å². The van der Waals surface area contributed by atoms with Gasteiger partial charge in [0.2, 0.25) is 0 Å². The van der Waals surface area contributed by atoms with E-state index in [4.69, 9.17) is 0 Å². The third-order valence-corrected chi connectivity index (χ3v) is 5.92. The van der Waals surface area contributed by atoms with Crippen molar-refractivity contribution in [3.8, 4) is 0 Å². The Kier molecular flexibility index (Phi) is 2.58. The first kappa shape index (κ1) is 11.7. The standard InChI is InChI=1S/C18H22O/c19-12-18-9-7-13(8-10-18)11-17(18)16-5-3-15(4-6-16)14-1-2-14/h3-6,12-14,17H,1-2,7-11H2. The molecule has 0 spiro atoms. The van der Waals surface area contributed by atoms with Crippen molar-refractivity contribution in [2.75, 3.05) is 0 Å². The van der Waals surface area contributed by atoms with E-state index in [0.717, 1.165) is 24.7 Å². The first-order valence-electron chi connectivity index (χ1n) is 7.87. The van der Waals surface area contributed by atoms with Crippen molar-refractivity contribution in [3.63, 3.8) is 0 Å². The molecule has 2 bridgehead atoms. The predicted molar refractivity (Wildman–Crippen MR) is 76.2 cm³/mol. The van der Waals surface area contributed by atoms with E-state index in [9.17, 15) is 4.79 Å². The van der Waals surface area contributed by atoms with Gasteiger partial charge in [-0.1, -0.05) is 24.3 Å². The Bertz CT molecular complexity index is 475. The predicted octanol–water partition coefficient (Wildman–Crippen LogP) is 4.43. The van der Waals surface area contributed by atoms with Crippen LogP contribution in [0.3, 0.4) is 0 Å². The molecule has 4 saturated carbocycles. The van der Waals surface area contributed by atoms with E-state index >= 15 is 0 Å². The van der Waals surface area contributed by atoms with Crippen LogP contribution in [-0.2, 0) is 4.79 Å². The Morgan fingerprint density at radius 1 is 0.947 bits per heavy atom. The molecule has 5 rings (SSSR count). The van der Waals surface area contributed by atoms with Crippen LogP contribution in [0.2, 0.25) is 0 Å². The van der Waals surface area contributed by atoms with Crippen LogP contribution >= 0.6 is 0 Å². The van der Waals surface area contributed by atoms with Gasteiger partial charge in [0.25, 0.3) is 0 Å². The molecule has 0 aliphatic heterocycles. The van der Waals surface area contributed by atoms with E-state index in [2.05, 4.69) is 24.3 Å². The molecule has 0 N–H and O–H groups in total. The average molecular weight is 254 g/mol. The Hall–Kier alpha value is -1.11. The van der Waals surface area contributed by atoms with Crippen LogP contribution in [0.5, 0.6) is 0 Å². The topological polar surface area (TPSA) is 17.1 Å². The number of hydrogen-bond acceptors (Lipinski definition) is 1. The van der Waals surface area contributed by atoms with Crippen LogP contribution in [0.4, 0.5) is 0 Å². The van der Waals surface area contributed by atoms with Crippen LogP contribution in [0.1, 0.15) is 67.9 Å². The molecule has 1 aromatic rings. The zero-order valence-electron chi connectivity index (χ0n) is 11.5. The number of aldehydes is 1. The van der Waals surface area contributed by atoms with Crippen molar-refractivity contribution in [1.82, 2.24) is 0 Å². The SMILES string of the molecule is O=CC12CCC(CC1)CC2c1ccc(C2CC2)cc1. The first-order valence-corrected chi connectivity index (χ1v) is 7.87. The summed E-state index contributed by atoms with van der Waals surface area (Å²) in [5.41, 5.74) is 2.89. The Labute approximate surface area is 115 Å². The fraction of sp³-hybridized carbons (Fsp3) is 0.611. The van der Waals surface area contributed by atoms with Gasteiger partial charge in [0.15, 0.2) is 0 Å². The molecule has 1 aromatic carbocycles. The zero-order chi connectivity index (χ0) is 12.9. The summed E-state index contributed by atoms with van der Waals surface area (Å²) in [7, 11) is 0. The molecular formula is C18H22O. The van der Waals surface area contributed by atoms with Gasteiger partial charge in [-0.2, -0.15) is 0 Å². The highest BCUT2D eigenvalue weighted by Gasteiger charge is 2.48. The van der Waals surface area contributed by atoms with Gasteiger partial charge in [-0.3, -0.25) is 0 Å². The fourth-order valence-corrected chi connectivity index (χ4v) is 4.45. The van der Waals surface area contributed by atoms with E-state index in [0.29, 0.717) is 5.92 Å². The molecule has 4 aliphatic rings. The molecule has 0 aromatic heterocycles. The lowest BCUT2D eigenvalue weighted by Gasteiger charge is -2.49. The minimum absolute atomic E-state index is 0.0319. The van der Waals surface area contributed by atoms with Gasteiger partial charge in [0, 0.05) is 5.41 Å². The summed E-state index contributed by atoms with van der Waals surface area (Å²) >= 11 is 0. The van der Waals surface area contributed by atoms with E-state index < -0.39 is 0 Å². The van der Waals surface area contributed by atoms with Crippen molar-refractivity contribution >= 4 is 6.29 Å². The minimum Gasteiger partial charge on any atom is -0.303 e. The van der Waals surface area contributed by atoms with Crippen LogP contribution in [0.25, 0.3) is 0 Å². The second-order valence-corrected chi connectivity index (χ2v) is 7.02. The first-order chi connectivity index (χ1) is 9.31. The lowest BCUT2D eigenvalue weighted by atomic mass is 9.54. The van der Waals surface area contributed by atoms with Gasteiger partial charge in [-0.25, -0.2) is 0 Å². The number of carbonyl (C=O) groups is 1. The summed E-state index contributed by atoms with van der Waals surface area (Å²) in [6.45, 7) is 0. The molecule has 19 heavy (non-hydrogen) atoms. The maximum Gasteiger partial charge on any atom is 0.126 e. The number of benzene rings is 1. The zero-order valence-corrected chi connectivity index (χ0v) is 11.5. The Balaban J connectivity index is 1.64. The highest BCUT2D eigenvalue weighted by Crippen LogP contribution is 2.56. The molecule has 0 amide bonds. The third kappa shape index (κ3) is 1.86. The summed E-state index contributed by atoms with van der Waals surface area (Å²) in [5, 5.41) is 0. The average Bonchev–Trinajstić information content (AvgIpc) is 3.33. The minimum atomic E-state index is -0.0319. The van der Waals surface area contributed by atoms with E-state index in [1.54, 1.807) is 0 Å². The summed E-state index contributed by atoms with van der Waals surface area (Å²) < 4.78 is 0. The smallest absolute Gasteiger partial charge is 0.126 e. The van der Waals surface area contributed by atoms with Gasteiger partial charge in [-0.15, -0.1) is 0 Å². The molecule has 100 valence electrons. The molecule has 1 heteroatoms. The summed E-state index contributed by atoms with van der Waals surface area (Å²) in [5.74, 6) is 2.19. The molecular weight excluding hydrogens is 232 g/mol. The molecule has 4 fully saturated rings. The number of fused-ring (bicyclic) bond motifs is 3. The van der Waals surface area contributed by atoms with Crippen LogP contribution in [-0.4, -0.2) is 6.29 Å². The van der Waals surface area contributed by atoms with Gasteiger partial charge in [0.05, 0.1) is 0 Å². The molecule has 0 radical (unpaired) electrons. The fourth-order valence-electron chi connectivity index (χ4n) is 4.45. The molecule has 1 nitrogen and oxygen atoms in total. The molecule has 1 atom stereocenters. The molecule has 4 aliphatic carbocycles. The largest absolute Gasteiger partial charge is 0.303 e. The van der Waals surface area contributed by atoms with Gasteiger partial charge < -0.3 is 4.79 Å². The van der Waals surface area contributed by atoms with E-state index in [-0.39, 0.29) is 5.41 Å². The summed E-state index contributed by atoms with van der Waals surface area (Å²) in [4.78, 5) is 11.7. The molecule has 0 saturated heterocycles. The van der Waals surface area contributed by atoms with E-state index in [1.165, 1.54) is 49.5 Å². The Morgan fingerprint density at radius 3 is 2.16 bits per heavy atom.